The highest BCUT2D eigenvalue weighted by Gasteiger charge is 2.31. The molecule has 1 aromatic carbocycles. The third kappa shape index (κ3) is 4.84. The molecule has 2 amide bonds. The van der Waals surface area contributed by atoms with Crippen LogP contribution in [0.25, 0.3) is 0 Å². The molecule has 1 aliphatic rings. The zero-order chi connectivity index (χ0) is 19.1. The van der Waals surface area contributed by atoms with Gasteiger partial charge in [0, 0.05) is 0 Å². The maximum absolute atomic E-state index is 12.3. The molecule has 1 heterocycles. The Labute approximate surface area is 152 Å². The molecule has 1 aromatic rings. The van der Waals surface area contributed by atoms with Crippen molar-refractivity contribution < 1.29 is 23.9 Å². The molecular weight excluding hydrogens is 336 g/mol. The van der Waals surface area contributed by atoms with E-state index in [1.54, 1.807) is 6.92 Å². The van der Waals surface area contributed by atoms with Gasteiger partial charge in [-0.05, 0) is 31.4 Å². The van der Waals surface area contributed by atoms with Crippen LogP contribution in [0.1, 0.15) is 31.4 Å². The number of urea groups is 1. The minimum Gasteiger partial charge on any atom is -0.463 e. The van der Waals surface area contributed by atoms with E-state index in [2.05, 4.69) is 10.6 Å². The third-order valence-electron chi connectivity index (χ3n) is 4.12. The second-order valence-corrected chi connectivity index (χ2v) is 5.94. The fraction of sp³-hybridized carbons (Fsp3) is 0.421. The molecule has 0 spiro atoms. The summed E-state index contributed by atoms with van der Waals surface area (Å²) in [4.78, 5) is 36.2. The predicted molar refractivity (Wildman–Crippen MR) is 95.2 cm³/mol. The highest BCUT2D eigenvalue weighted by atomic mass is 16.5. The summed E-state index contributed by atoms with van der Waals surface area (Å²) in [7, 11) is 0. The van der Waals surface area contributed by atoms with Gasteiger partial charge in [-0.25, -0.2) is 9.59 Å². The molecule has 1 atom stereocenters. The van der Waals surface area contributed by atoms with E-state index in [-0.39, 0.29) is 30.9 Å². The maximum atomic E-state index is 12.3. The van der Waals surface area contributed by atoms with Crippen LogP contribution in [0.2, 0.25) is 0 Å². The molecule has 0 bridgehead atoms. The first kappa shape index (κ1) is 19.5. The molecule has 0 fully saturated rings. The van der Waals surface area contributed by atoms with Gasteiger partial charge in [-0.3, -0.25) is 4.79 Å². The molecule has 0 aliphatic carbocycles. The lowest BCUT2D eigenvalue weighted by atomic mass is 10.0. The molecule has 26 heavy (non-hydrogen) atoms. The van der Waals surface area contributed by atoms with Crippen LogP contribution in [0.15, 0.2) is 35.5 Å². The van der Waals surface area contributed by atoms with E-state index in [4.69, 9.17) is 9.47 Å². The highest BCUT2D eigenvalue weighted by Crippen LogP contribution is 2.17. The van der Waals surface area contributed by atoms with Crippen LogP contribution in [0, 0.1) is 6.92 Å². The van der Waals surface area contributed by atoms with Crippen molar-refractivity contribution in [2.45, 2.75) is 39.7 Å². The molecule has 7 heteroatoms. The SMILES string of the molecule is CCOC(=O)C1=C(COC(=O)Cc2ccccc2C)NC(=O)N[C@@H]1CC. The van der Waals surface area contributed by atoms with Crippen LogP contribution >= 0.6 is 0 Å². The fourth-order valence-electron chi connectivity index (χ4n) is 2.74. The van der Waals surface area contributed by atoms with E-state index < -0.39 is 24.0 Å². The van der Waals surface area contributed by atoms with Crippen LogP contribution in [-0.2, 0) is 25.5 Å². The normalized spacial score (nSPS) is 16.6. The van der Waals surface area contributed by atoms with Crippen molar-refractivity contribution in [2.24, 2.45) is 0 Å². The number of hydrogen-bond acceptors (Lipinski definition) is 5. The average molecular weight is 360 g/mol. The zero-order valence-corrected chi connectivity index (χ0v) is 15.3. The monoisotopic (exact) mass is 360 g/mol. The number of carbonyl (C=O) groups excluding carboxylic acids is 3. The molecule has 1 aliphatic heterocycles. The van der Waals surface area contributed by atoms with Crippen LogP contribution < -0.4 is 10.6 Å². The van der Waals surface area contributed by atoms with Gasteiger partial charge >= 0.3 is 18.0 Å². The fourth-order valence-corrected chi connectivity index (χ4v) is 2.74. The Balaban J connectivity index is 2.12. The Kier molecular flexibility index (Phi) is 6.77. The van der Waals surface area contributed by atoms with E-state index >= 15 is 0 Å². The van der Waals surface area contributed by atoms with Gasteiger partial charge < -0.3 is 20.1 Å². The molecule has 0 aromatic heterocycles. The van der Waals surface area contributed by atoms with Crippen molar-refractivity contribution in [2.75, 3.05) is 13.2 Å². The second kappa shape index (κ2) is 9.03. The number of benzene rings is 1. The summed E-state index contributed by atoms with van der Waals surface area (Å²) in [6.45, 7) is 5.49. The number of nitrogens with one attached hydrogen (secondary N) is 2. The summed E-state index contributed by atoms with van der Waals surface area (Å²) in [6, 6.07) is 6.62. The van der Waals surface area contributed by atoms with E-state index in [0.29, 0.717) is 6.42 Å². The minimum absolute atomic E-state index is 0.123. The van der Waals surface area contributed by atoms with Crippen LogP contribution in [0.4, 0.5) is 4.79 Å². The van der Waals surface area contributed by atoms with Gasteiger partial charge in [0.05, 0.1) is 30.3 Å². The van der Waals surface area contributed by atoms with Crippen molar-refractivity contribution >= 4 is 18.0 Å². The largest absolute Gasteiger partial charge is 0.463 e. The summed E-state index contributed by atoms with van der Waals surface area (Å²) in [5, 5.41) is 5.22. The molecule has 0 saturated carbocycles. The molecular formula is C19H24N2O5. The number of aryl methyl sites for hydroxylation is 1. The predicted octanol–water partition coefficient (Wildman–Crippen LogP) is 1.99. The summed E-state index contributed by atoms with van der Waals surface area (Å²) in [5.74, 6) is -0.965. The summed E-state index contributed by atoms with van der Waals surface area (Å²) in [5.41, 5.74) is 2.42. The van der Waals surface area contributed by atoms with Gasteiger partial charge in [0.25, 0.3) is 0 Å². The summed E-state index contributed by atoms with van der Waals surface area (Å²) < 4.78 is 10.4. The van der Waals surface area contributed by atoms with E-state index in [1.165, 1.54) is 0 Å². The molecule has 140 valence electrons. The maximum Gasteiger partial charge on any atom is 0.338 e. The van der Waals surface area contributed by atoms with Crippen LogP contribution in [0.5, 0.6) is 0 Å². The number of esters is 2. The first-order valence-corrected chi connectivity index (χ1v) is 8.64. The summed E-state index contributed by atoms with van der Waals surface area (Å²) in [6.07, 6.45) is 0.639. The number of ether oxygens (including phenoxy) is 2. The first-order chi connectivity index (χ1) is 12.5. The number of rotatable bonds is 7. The van der Waals surface area contributed by atoms with Gasteiger partial charge in [0.2, 0.25) is 0 Å². The summed E-state index contributed by atoms with van der Waals surface area (Å²) >= 11 is 0. The highest BCUT2D eigenvalue weighted by molar-refractivity contribution is 5.94. The Morgan fingerprint density at radius 2 is 1.88 bits per heavy atom. The topological polar surface area (TPSA) is 93.7 Å². The van der Waals surface area contributed by atoms with Gasteiger partial charge in [-0.15, -0.1) is 0 Å². The molecule has 2 N–H and O–H groups in total. The second-order valence-electron chi connectivity index (χ2n) is 5.94. The van der Waals surface area contributed by atoms with Crippen molar-refractivity contribution in [3.8, 4) is 0 Å². The van der Waals surface area contributed by atoms with Crippen molar-refractivity contribution in [3.63, 3.8) is 0 Å². The van der Waals surface area contributed by atoms with Crippen molar-refractivity contribution in [3.05, 3.63) is 46.7 Å². The van der Waals surface area contributed by atoms with Gasteiger partial charge in [-0.1, -0.05) is 31.2 Å². The smallest absolute Gasteiger partial charge is 0.338 e. The van der Waals surface area contributed by atoms with Gasteiger partial charge in [0.15, 0.2) is 0 Å². The number of amides is 2. The Morgan fingerprint density at radius 3 is 2.54 bits per heavy atom. The first-order valence-electron chi connectivity index (χ1n) is 8.64. The lowest BCUT2D eigenvalue weighted by molar-refractivity contribution is -0.143. The lowest BCUT2D eigenvalue weighted by Gasteiger charge is -2.28. The molecule has 0 saturated heterocycles. The van der Waals surface area contributed by atoms with E-state index in [1.807, 2.05) is 38.1 Å². The van der Waals surface area contributed by atoms with Crippen LogP contribution in [-0.4, -0.2) is 37.2 Å². The van der Waals surface area contributed by atoms with E-state index in [0.717, 1.165) is 11.1 Å². The van der Waals surface area contributed by atoms with Crippen LogP contribution in [0.3, 0.4) is 0 Å². The molecule has 2 rings (SSSR count). The minimum atomic E-state index is -0.531. The molecule has 0 radical (unpaired) electrons. The standard InChI is InChI=1S/C19H24N2O5/c1-4-14-17(18(23)25-5-2)15(21-19(24)20-14)11-26-16(22)10-13-9-7-6-8-12(13)3/h6-9,14H,4-5,10-11H2,1-3H3,(H2,20,21,24)/t14-/m1/s1. The lowest BCUT2D eigenvalue weighted by Crippen LogP contribution is -2.51. The Hall–Kier alpha value is -2.83. The van der Waals surface area contributed by atoms with Gasteiger partial charge in [-0.2, -0.15) is 0 Å². The number of hydrogen-bond donors (Lipinski definition) is 2. The Morgan fingerprint density at radius 1 is 1.15 bits per heavy atom. The number of carbonyl (C=O) groups is 3. The third-order valence-corrected chi connectivity index (χ3v) is 4.12. The van der Waals surface area contributed by atoms with Crippen molar-refractivity contribution in [1.82, 2.24) is 10.6 Å². The molecule has 7 nitrogen and oxygen atoms in total. The zero-order valence-electron chi connectivity index (χ0n) is 15.3. The average Bonchev–Trinajstić information content (AvgIpc) is 2.61. The van der Waals surface area contributed by atoms with Crippen molar-refractivity contribution in [1.29, 1.82) is 0 Å². The Bertz CT molecular complexity index is 726. The quantitative estimate of drug-likeness (QED) is 0.725. The molecule has 0 unspecified atom stereocenters. The van der Waals surface area contributed by atoms with E-state index in [9.17, 15) is 14.4 Å². The van der Waals surface area contributed by atoms with Gasteiger partial charge in [0.1, 0.15) is 6.61 Å².